The Bertz CT molecular complexity index is 778. The number of benzene rings is 1. The van der Waals surface area contributed by atoms with Gasteiger partial charge in [0.05, 0.1) is 31.4 Å². The normalized spacial score (nSPS) is 12.8. The highest BCUT2D eigenvalue weighted by atomic mass is 16.5. The monoisotopic (exact) mass is 389 g/mol. The first-order valence-corrected chi connectivity index (χ1v) is 8.58. The van der Waals surface area contributed by atoms with Crippen molar-refractivity contribution in [1.82, 2.24) is 5.32 Å². The molecule has 9 heteroatoms. The molecule has 2 aromatic rings. The van der Waals surface area contributed by atoms with Crippen molar-refractivity contribution in [2.24, 2.45) is 5.73 Å². The average molecular weight is 389 g/mol. The fraction of sp³-hybridized carbons (Fsp3) is 0.316. The van der Waals surface area contributed by atoms with Crippen molar-refractivity contribution < 1.29 is 28.6 Å². The Kier molecular flexibility index (Phi) is 7.73. The smallest absolute Gasteiger partial charge is 0.305 e. The van der Waals surface area contributed by atoms with Gasteiger partial charge in [0.25, 0.3) is 0 Å². The minimum Gasteiger partial charge on any atom is -0.481 e. The van der Waals surface area contributed by atoms with E-state index in [2.05, 4.69) is 5.32 Å². The third kappa shape index (κ3) is 5.93. The average Bonchev–Trinajstić information content (AvgIpc) is 3.20. The van der Waals surface area contributed by atoms with Gasteiger partial charge < -0.3 is 25.3 Å². The second-order valence-electron chi connectivity index (χ2n) is 6.07. The summed E-state index contributed by atoms with van der Waals surface area (Å²) in [5, 5.41) is 11.7. The molecular weight excluding hydrogens is 366 g/mol. The molecule has 2 atom stereocenters. The van der Waals surface area contributed by atoms with E-state index in [1.807, 2.05) is 30.3 Å². The van der Waals surface area contributed by atoms with E-state index in [0.717, 1.165) is 10.5 Å². The number of furan rings is 1. The van der Waals surface area contributed by atoms with Crippen LogP contribution in [0.1, 0.15) is 18.0 Å². The van der Waals surface area contributed by atoms with E-state index in [1.165, 1.54) is 19.4 Å². The van der Waals surface area contributed by atoms with E-state index >= 15 is 0 Å². The van der Waals surface area contributed by atoms with Crippen molar-refractivity contribution in [3.05, 3.63) is 54.3 Å². The summed E-state index contributed by atoms with van der Waals surface area (Å²) < 4.78 is 10.4. The topological polar surface area (TPSA) is 135 Å². The maximum absolute atomic E-state index is 12.6. The van der Waals surface area contributed by atoms with E-state index < -0.39 is 36.3 Å². The molecule has 0 saturated heterocycles. The summed E-state index contributed by atoms with van der Waals surface area (Å²) in [4.78, 5) is 37.0. The van der Waals surface area contributed by atoms with E-state index in [4.69, 9.17) is 20.0 Å². The van der Waals surface area contributed by atoms with Gasteiger partial charge in [-0.2, -0.15) is 0 Å². The van der Waals surface area contributed by atoms with Crippen LogP contribution < -0.4 is 16.0 Å². The number of nitrogens with one attached hydrogen (secondary N) is 1. The number of carboxylic acid groups (broad SMARTS) is 1. The third-order valence-corrected chi connectivity index (χ3v) is 3.92. The van der Waals surface area contributed by atoms with Crippen LogP contribution in [0.25, 0.3) is 0 Å². The summed E-state index contributed by atoms with van der Waals surface area (Å²) in [6.07, 6.45) is 0.780. The lowest BCUT2D eigenvalue weighted by molar-refractivity contribution is -0.139. The summed E-state index contributed by atoms with van der Waals surface area (Å²) in [6.45, 7) is -0.143. The summed E-state index contributed by atoms with van der Waals surface area (Å²) in [5.74, 6) is -2.31. The quantitative estimate of drug-likeness (QED) is 0.550. The number of nitrogens with zero attached hydrogens (tertiary/aromatic N) is 1. The minimum absolute atomic E-state index is 0.101. The molecule has 9 nitrogen and oxygen atoms in total. The molecule has 0 aliphatic heterocycles. The zero-order valence-electron chi connectivity index (χ0n) is 15.4. The molecule has 0 unspecified atom stereocenters. The lowest BCUT2D eigenvalue weighted by atomic mass is 10.1. The zero-order valence-corrected chi connectivity index (χ0v) is 15.4. The minimum atomic E-state index is -1.31. The van der Waals surface area contributed by atoms with Crippen LogP contribution in [0.4, 0.5) is 5.88 Å². The molecule has 2 rings (SSSR count). The number of aliphatic carboxylic acids is 1. The molecule has 150 valence electrons. The van der Waals surface area contributed by atoms with Crippen LogP contribution in [-0.4, -0.2) is 49.2 Å². The van der Waals surface area contributed by atoms with Crippen molar-refractivity contribution in [2.75, 3.05) is 25.2 Å². The summed E-state index contributed by atoms with van der Waals surface area (Å²) in [7, 11) is 1.52. The maximum Gasteiger partial charge on any atom is 0.305 e. The van der Waals surface area contributed by atoms with E-state index in [9.17, 15) is 14.4 Å². The van der Waals surface area contributed by atoms with Gasteiger partial charge in [-0.05, 0) is 11.6 Å². The van der Waals surface area contributed by atoms with Crippen molar-refractivity contribution in [2.45, 2.75) is 18.5 Å². The Labute approximate surface area is 162 Å². The molecule has 0 spiro atoms. The zero-order chi connectivity index (χ0) is 20.5. The second kappa shape index (κ2) is 10.2. The maximum atomic E-state index is 12.6. The number of carbonyl (C=O) groups excluding carboxylic acids is 2. The predicted molar refractivity (Wildman–Crippen MR) is 100 cm³/mol. The molecule has 0 saturated carbocycles. The molecule has 0 aliphatic rings. The fourth-order valence-electron chi connectivity index (χ4n) is 2.62. The van der Waals surface area contributed by atoms with Gasteiger partial charge in [0.2, 0.25) is 17.7 Å². The molecule has 1 aromatic carbocycles. The molecule has 2 amide bonds. The number of hydrogen-bond donors (Lipinski definition) is 3. The molecular formula is C19H23N3O6. The molecule has 0 radical (unpaired) electrons. The van der Waals surface area contributed by atoms with Crippen LogP contribution >= 0.6 is 0 Å². The summed E-state index contributed by atoms with van der Waals surface area (Å²) in [5.41, 5.74) is 6.52. The molecule has 1 heterocycles. The van der Waals surface area contributed by atoms with Crippen LogP contribution in [0, 0.1) is 0 Å². The van der Waals surface area contributed by atoms with E-state index in [-0.39, 0.29) is 19.0 Å². The number of nitrogens with two attached hydrogens (primary N) is 1. The number of amides is 2. The van der Waals surface area contributed by atoms with Crippen LogP contribution in [0.15, 0.2) is 53.1 Å². The standard InChI is InChI=1S/C19H23N3O6/c1-27-12-15(13-6-3-2-4-7-13)21-16(23)11-22(17-8-5-9-28-17)19(26)14(20)10-18(24)25/h2-9,14-15H,10-12,20H2,1H3,(H,21,23)(H,24,25)/t14-,15+/m0/s1. The van der Waals surface area contributed by atoms with Gasteiger partial charge in [0.15, 0.2) is 0 Å². The van der Waals surface area contributed by atoms with Crippen molar-refractivity contribution in [1.29, 1.82) is 0 Å². The van der Waals surface area contributed by atoms with Gasteiger partial charge in [0, 0.05) is 13.2 Å². The number of rotatable bonds is 10. The fourth-order valence-corrected chi connectivity index (χ4v) is 2.62. The Morgan fingerprint density at radius 2 is 1.93 bits per heavy atom. The highest BCUT2D eigenvalue weighted by molar-refractivity contribution is 6.01. The second-order valence-corrected chi connectivity index (χ2v) is 6.07. The van der Waals surface area contributed by atoms with Gasteiger partial charge in [-0.25, -0.2) is 0 Å². The highest BCUT2D eigenvalue weighted by Gasteiger charge is 2.28. The van der Waals surface area contributed by atoms with Crippen LogP contribution in [0.2, 0.25) is 0 Å². The Hall–Kier alpha value is -3.17. The van der Waals surface area contributed by atoms with E-state index in [0.29, 0.717) is 0 Å². The van der Waals surface area contributed by atoms with Crippen LogP contribution in [-0.2, 0) is 19.1 Å². The lowest BCUT2D eigenvalue weighted by Crippen LogP contribution is -2.49. The first-order chi connectivity index (χ1) is 13.4. The molecule has 1 aromatic heterocycles. The number of anilines is 1. The van der Waals surface area contributed by atoms with Gasteiger partial charge in [-0.1, -0.05) is 30.3 Å². The van der Waals surface area contributed by atoms with Crippen LogP contribution in [0.3, 0.4) is 0 Å². The summed E-state index contributed by atoms with van der Waals surface area (Å²) in [6, 6.07) is 10.6. The molecule has 0 bridgehead atoms. The SMILES string of the molecule is COC[C@@H](NC(=O)CN(C(=O)[C@@H](N)CC(=O)O)c1ccco1)c1ccccc1. The Morgan fingerprint density at radius 3 is 2.50 bits per heavy atom. The number of carbonyl (C=O) groups is 3. The molecule has 28 heavy (non-hydrogen) atoms. The lowest BCUT2D eigenvalue weighted by Gasteiger charge is -2.24. The number of ether oxygens (including phenoxy) is 1. The third-order valence-electron chi connectivity index (χ3n) is 3.92. The van der Waals surface area contributed by atoms with Crippen molar-refractivity contribution in [3.63, 3.8) is 0 Å². The van der Waals surface area contributed by atoms with E-state index in [1.54, 1.807) is 6.07 Å². The largest absolute Gasteiger partial charge is 0.481 e. The highest BCUT2D eigenvalue weighted by Crippen LogP contribution is 2.17. The van der Waals surface area contributed by atoms with Crippen LogP contribution in [0.5, 0.6) is 0 Å². The first kappa shape index (κ1) is 21.1. The number of carboxylic acids is 1. The van der Waals surface area contributed by atoms with Gasteiger partial charge in [0.1, 0.15) is 6.54 Å². The predicted octanol–water partition coefficient (Wildman–Crippen LogP) is 0.919. The van der Waals surface area contributed by atoms with Gasteiger partial charge in [-0.15, -0.1) is 0 Å². The number of methoxy groups -OCH3 is 1. The molecule has 0 aliphatic carbocycles. The summed E-state index contributed by atoms with van der Waals surface area (Å²) >= 11 is 0. The Balaban J connectivity index is 2.13. The number of hydrogen-bond acceptors (Lipinski definition) is 6. The molecule has 0 fully saturated rings. The van der Waals surface area contributed by atoms with Crippen molar-refractivity contribution >= 4 is 23.7 Å². The van der Waals surface area contributed by atoms with Gasteiger partial charge >= 0.3 is 5.97 Å². The Morgan fingerprint density at radius 1 is 1.21 bits per heavy atom. The van der Waals surface area contributed by atoms with Crippen molar-refractivity contribution in [3.8, 4) is 0 Å². The molecule has 4 N–H and O–H groups in total. The first-order valence-electron chi connectivity index (χ1n) is 8.58. The van der Waals surface area contributed by atoms with Gasteiger partial charge in [-0.3, -0.25) is 19.3 Å².